The van der Waals surface area contributed by atoms with Gasteiger partial charge in [-0.15, -0.1) is 0 Å². The molecule has 0 aromatic carbocycles. The molecule has 1 N–H and O–H groups in total. The Bertz CT molecular complexity index is 352. The van der Waals surface area contributed by atoms with Gasteiger partial charge in [0.05, 0.1) is 0 Å². The quantitative estimate of drug-likeness (QED) is 0.780. The number of carbonyl (C=O) groups is 2. The van der Waals surface area contributed by atoms with Crippen LogP contribution in [-0.2, 0) is 9.59 Å². The van der Waals surface area contributed by atoms with Crippen molar-refractivity contribution in [2.24, 2.45) is 0 Å². The Labute approximate surface area is 123 Å². The van der Waals surface area contributed by atoms with Crippen LogP contribution in [0.1, 0.15) is 73.1 Å². The molecule has 116 valence electrons. The Morgan fingerprint density at radius 2 is 1.80 bits per heavy atom. The summed E-state index contributed by atoms with van der Waals surface area (Å²) in [5.41, 5.74) is -0.777. The SMILES string of the molecule is CCCCC(CCC)N1C(=O)C(C)(C)NC(=O)C1CC. The van der Waals surface area contributed by atoms with Crippen LogP contribution >= 0.6 is 0 Å². The number of rotatable bonds is 7. The van der Waals surface area contributed by atoms with E-state index in [1.807, 2.05) is 11.8 Å². The highest BCUT2D eigenvalue weighted by Crippen LogP contribution is 2.26. The predicted molar refractivity (Wildman–Crippen MR) is 81.4 cm³/mol. The van der Waals surface area contributed by atoms with Gasteiger partial charge in [0.2, 0.25) is 11.8 Å². The molecule has 2 amide bonds. The van der Waals surface area contributed by atoms with Crippen LogP contribution < -0.4 is 5.32 Å². The maximum atomic E-state index is 12.8. The standard InChI is InChI=1S/C16H30N2O2/c1-6-9-11-12(10-7-2)18-13(8-3)14(19)17-16(4,5)15(18)20/h12-13H,6-11H2,1-5H3,(H,17,19). The van der Waals surface area contributed by atoms with Crippen molar-refractivity contribution in [1.82, 2.24) is 10.2 Å². The Balaban J connectivity index is 3.03. The molecule has 0 spiro atoms. The lowest BCUT2D eigenvalue weighted by molar-refractivity contribution is -0.157. The molecule has 1 fully saturated rings. The first-order valence-electron chi connectivity index (χ1n) is 8.03. The Morgan fingerprint density at radius 3 is 2.30 bits per heavy atom. The number of hydrogen-bond acceptors (Lipinski definition) is 2. The summed E-state index contributed by atoms with van der Waals surface area (Å²) in [5, 5.41) is 2.86. The summed E-state index contributed by atoms with van der Waals surface area (Å²) in [6.45, 7) is 9.88. The summed E-state index contributed by atoms with van der Waals surface area (Å²) in [7, 11) is 0. The smallest absolute Gasteiger partial charge is 0.248 e. The number of unbranched alkanes of at least 4 members (excludes halogenated alkanes) is 1. The van der Waals surface area contributed by atoms with Gasteiger partial charge < -0.3 is 10.2 Å². The number of hydrogen-bond donors (Lipinski definition) is 1. The lowest BCUT2D eigenvalue weighted by atomic mass is 9.91. The van der Waals surface area contributed by atoms with Gasteiger partial charge in [-0.25, -0.2) is 0 Å². The molecule has 1 aliphatic rings. The molecule has 1 rings (SSSR count). The Kier molecular flexibility index (Phi) is 6.03. The normalized spacial score (nSPS) is 23.6. The van der Waals surface area contributed by atoms with Crippen LogP contribution in [0.4, 0.5) is 0 Å². The molecule has 0 aromatic rings. The molecule has 2 unspecified atom stereocenters. The number of carbonyl (C=O) groups excluding carboxylic acids is 2. The van der Waals surface area contributed by atoms with Gasteiger partial charge in [0.1, 0.15) is 11.6 Å². The summed E-state index contributed by atoms with van der Waals surface area (Å²) in [5.74, 6) is 0.0632. The van der Waals surface area contributed by atoms with Crippen LogP contribution in [0.2, 0.25) is 0 Å². The average Bonchev–Trinajstić information content (AvgIpc) is 2.38. The highest BCUT2D eigenvalue weighted by atomic mass is 16.2. The summed E-state index contributed by atoms with van der Waals surface area (Å²) in [6, 6.07) is -0.105. The van der Waals surface area contributed by atoms with Crippen molar-refractivity contribution in [2.45, 2.75) is 90.8 Å². The van der Waals surface area contributed by atoms with E-state index in [0.717, 1.165) is 32.1 Å². The average molecular weight is 282 g/mol. The molecule has 0 saturated carbocycles. The molecular formula is C16H30N2O2. The van der Waals surface area contributed by atoms with Crippen molar-refractivity contribution >= 4 is 11.8 Å². The molecule has 4 heteroatoms. The zero-order chi connectivity index (χ0) is 15.3. The highest BCUT2D eigenvalue weighted by molar-refractivity contribution is 5.99. The second-order valence-corrected chi connectivity index (χ2v) is 6.34. The van der Waals surface area contributed by atoms with Crippen molar-refractivity contribution in [3.63, 3.8) is 0 Å². The van der Waals surface area contributed by atoms with E-state index in [1.165, 1.54) is 0 Å². The number of nitrogens with zero attached hydrogens (tertiary/aromatic N) is 1. The van der Waals surface area contributed by atoms with Crippen molar-refractivity contribution in [2.75, 3.05) is 0 Å². The lowest BCUT2D eigenvalue weighted by Crippen LogP contribution is -2.69. The zero-order valence-corrected chi connectivity index (χ0v) is 13.7. The minimum atomic E-state index is -0.777. The van der Waals surface area contributed by atoms with E-state index in [4.69, 9.17) is 0 Å². The third-order valence-corrected chi connectivity index (χ3v) is 4.14. The predicted octanol–water partition coefficient (Wildman–Crippen LogP) is 2.86. The second kappa shape index (κ2) is 7.09. The molecule has 0 bridgehead atoms. The van der Waals surface area contributed by atoms with Crippen LogP contribution in [-0.4, -0.2) is 34.3 Å². The maximum absolute atomic E-state index is 12.8. The van der Waals surface area contributed by atoms with E-state index in [-0.39, 0.29) is 23.9 Å². The number of amides is 2. The van der Waals surface area contributed by atoms with E-state index >= 15 is 0 Å². The molecular weight excluding hydrogens is 252 g/mol. The molecule has 0 radical (unpaired) electrons. The summed E-state index contributed by atoms with van der Waals surface area (Å²) in [6.07, 6.45) is 5.92. The lowest BCUT2D eigenvalue weighted by Gasteiger charge is -2.46. The third kappa shape index (κ3) is 3.53. The van der Waals surface area contributed by atoms with Crippen molar-refractivity contribution < 1.29 is 9.59 Å². The van der Waals surface area contributed by atoms with Gasteiger partial charge in [-0.3, -0.25) is 9.59 Å². The summed E-state index contributed by atoms with van der Waals surface area (Å²) < 4.78 is 0. The fourth-order valence-electron chi connectivity index (χ4n) is 3.03. The monoisotopic (exact) mass is 282 g/mol. The fraction of sp³-hybridized carbons (Fsp3) is 0.875. The molecule has 20 heavy (non-hydrogen) atoms. The fourth-order valence-corrected chi connectivity index (χ4v) is 3.03. The van der Waals surface area contributed by atoms with Gasteiger partial charge >= 0.3 is 0 Å². The molecule has 1 heterocycles. The summed E-state index contributed by atoms with van der Waals surface area (Å²) in [4.78, 5) is 26.9. The minimum Gasteiger partial charge on any atom is -0.340 e. The van der Waals surface area contributed by atoms with E-state index < -0.39 is 5.54 Å². The minimum absolute atomic E-state index is 0.00491. The Morgan fingerprint density at radius 1 is 1.15 bits per heavy atom. The van der Waals surface area contributed by atoms with Crippen LogP contribution in [0.3, 0.4) is 0 Å². The van der Waals surface area contributed by atoms with E-state index in [1.54, 1.807) is 13.8 Å². The van der Waals surface area contributed by atoms with Crippen LogP contribution in [0, 0.1) is 0 Å². The van der Waals surface area contributed by atoms with Gasteiger partial charge in [-0.2, -0.15) is 0 Å². The second-order valence-electron chi connectivity index (χ2n) is 6.34. The topological polar surface area (TPSA) is 49.4 Å². The van der Waals surface area contributed by atoms with Crippen LogP contribution in [0.25, 0.3) is 0 Å². The largest absolute Gasteiger partial charge is 0.340 e. The first-order chi connectivity index (χ1) is 9.38. The van der Waals surface area contributed by atoms with Crippen molar-refractivity contribution in [1.29, 1.82) is 0 Å². The van der Waals surface area contributed by atoms with Gasteiger partial charge in [-0.1, -0.05) is 40.0 Å². The summed E-state index contributed by atoms with van der Waals surface area (Å²) >= 11 is 0. The first kappa shape index (κ1) is 17.0. The van der Waals surface area contributed by atoms with Crippen molar-refractivity contribution in [3.05, 3.63) is 0 Å². The molecule has 0 aliphatic carbocycles. The molecule has 4 nitrogen and oxygen atoms in total. The molecule has 0 aromatic heterocycles. The highest BCUT2D eigenvalue weighted by Gasteiger charge is 2.46. The van der Waals surface area contributed by atoms with E-state index in [0.29, 0.717) is 6.42 Å². The first-order valence-corrected chi connectivity index (χ1v) is 8.03. The van der Waals surface area contributed by atoms with Gasteiger partial charge in [-0.05, 0) is 33.1 Å². The van der Waals surface area contributed by atoms with Gasteiger partial charge in [0.15, 0.2) is 0 Å². The zero-order valence-electron chi connectivity index (χ0n) is 13.7. The van der Waals surface area contributed by atoms with Crippen LogP contribution in [0.15, 0.2) is 0 Å². The van der Waals surface area contributed by atoms with Crippen molar-refractivity contribution in [3.8, 4) is 0 Å². The van der Waals surface area contributed by atoms with E-state index in [2.05, 4.69) is 19.2 Å². The number of nitrogens with one attached hydrogen (secondary N) is 1. The molecule has 2 atom stereocenters. The molecule has 1 aliphatic heterocycles. The third-order valence-electron chi connectivity index (χ3n) is 4.14. The molecule has 1 saturated heterocycles. The Hall–Kier alpha value is -1.06. The van der Waals surface area contributed by atoms with Crippen LogP contribution in [0.5, 0.6) is 0 Å². The van der Waals surface area contributed by atoms with E-state index in [9.17, 15) is 9.59 Å². The van der Waals surface area contributed by atoms with Gasteiger partial charge in [0, 0.05) is 6.04 Å². The number of piperazine rings is 1. The maximum Gasteiger partial charge on any atom is 0.248 e. The van der Waals surface area contributed by atoms with Gasteiger partial charge in [0.25, 0.3) is 0 Å².